The normalized spacial score (nSPS) is 25.0. The van der Waals surface area contributed by atoms with E-state index >= 15 is 0 Å². The summed E-state index contributed by atoms with van der Waals surface area (Å²) in [6.45, 7) is 4.47. The first-order chi connectivity index (χ1) is 11.6. The Kier molecular flexibility index (Phi) is 3.63. The Morgan fingerprint density at radius 3 is 2.79 bits per heavy atom. The molecule has 126 valence electrons. The number of hydrogen-bond acceptors (Lipinski definition) is 5. The second kappa shape index (κ2) is 5.81. The second-order valence-electron chi connectivity index (χ2n) is 6.33. The number of aromatic nitrogens is 3. The molecule has 1 aromatic heterocycles. The van der Waals surface area contributed by atoms with Crippen molar-refractivity contribution in [2.24, 2.45) is 0 Å². The first-order valence-electron chi connectivity index (χ1n) is 8.23. The molecule has 0 fully saturated rings. The van der Waals surface area contributed by atoms with Crippen LogP contribution in [0.5, 0.6) is 11.5 Å². The summed E-state index contributed by atoms with van der Waals surface area (Å²) in [5.74, 6) is 3.00. The zero-order valence-corrected chi connectivity index (χ0v) is 13.7. The molecule has 0 unspecified atom stereocenters. The molecular weight excluding hydrogens is 308 g/mol. The van der Waals surface area contributed by atoms with Gasteiger partial charge in [-0.3, -0.25) is 4.79 Å². The van der Waals surface area contributed by atoms with Gasteiger partial charge >= 0.3 is 0 Å². The molecule has 1 aromatic carbocycles. The third-order valence-corrected chi connectivity index (χ3v) is 4.58. The molecule has 0 aliphatic carbocycles. The molecule has 0 saturated heterocycles. The summed E-state index contributed by atoms with van der Waals surface area (Å²) in [5, 5.41) is 11.3. The number of amides is 1. The smallest absolute Gasteiger partial charge is 0.265 e. The first-order valence-corrected chi connectivity index (χ1v) is 8.23. The number of benzene rings is 1. The predicted molar refractivity (Wildman–Crippen MR) is 86.0 cm³/mol. The maximum absolute atomic E-state index is 12.7. The fourth-order valence-electron chi connectivity index (χ4n) is 3.27. The van der Waals surface area contributed by atoms with Crippen LogP contribution in [0.25, 0.3) is 0 Å². The fourth-order valence-corrected chi connectivity index (χ4v) is 3.27. The number of carbonyl (C=O) groups is 1. The number of ether oxygens (including phenoxy) is 2. The molecule has 0 spiro atoms. The van der Waals surface area contributed by atoms with E-state index < -0.39 is 6.10 Å². The van der Waals surface area contributed by atoms with Crippen LogP contribution in [0, 0.1) is 6.92 Å². The van der Waals surface area contributed by atoms with E-state index in [9.17, 15) is 4.79 Å². The molecule has 4 rings (SSSR count). The van der Waals surface area contributed by atoms with Crippen molar-refractivity contribution in [1.82, 2.24) is 20.1 Å². The van der Waals surface area contributed by atoms with Gasteiger partial charge in [0.25, 0.3) is 5.91 Å². The highest BCUT2D eigenvalue weighted by Crippen LogP contribution is 2.33. The Labute approximate surface area is 140 Å². The van der Waals surface area contributed by atoms with Crippen LogP contribution in [0.15, 0.2) is 24.3 Å². The molecule has 3 heterocycles. The maximum Gasteiger partial charge on any atom is 0.265 e. The van der Waals surface area contributed by atoms with Crippen molar-refractivity contribution in [3.63, 3.8) is 0 Å². The number of nitrogens with one attached hydrogen (secondary N) is 1. The van der Waals surface area contributed by atoms with Crippen LogP contribution < -0.4 is 14.8 Å². The van der Waals surface area contributed by atoms with E-state index in [1.54, 1.807) is 0 Å². The van der Waals surface area contributed by atoms with E-state index in [2.05, 4.69) is 20.1 Å². The summed E-state index contributed by atoms with van der Waals surface area (Å²) in [4.78, 5) is 12.7. The highest BCUT2D eigenvalue weighted by Gasteiger charge is 2.35. The van der Waals surface area contributed by atoms with Gasteiger partial charge in [-0.25, -0.2) is 0 Å². The standard InChI is InChI=1S/C17H20N4O3/c1-10-16(24-14-6-4-3-5-13(14)23-10)17(22)18-12-7-8-15-20-19-11(2)21(15)9-12/h3-6,10,12,16H,7-9H2,1-2H3,(H,18,22)/t10-,12+,16-/m0/s1. The molecule has 2 aliphatic rings. The Balaban J connectivity index is 1.45. The van der Waals surface area contributed by atoms with Crippen LogP contribution in [-0.2, 0) is 17.8 Å². The van der Waals surface area contributed by atoms with Gasteiger partial charge in [-0.2, -0.15) is 0 Å². The van der Waals surface area contributed by atoms with Gasteiger partial charge in [-0.15, -0.1) is 10.2 Å². The maximum atomic E-state index is 12.7. The van der Waals surface area contributed by atoms with E-state index in [0.717, 1.165) is 24.5 Å². The van der Waals surface area contributed by atoms with E-state index in [4.69, 9.17) is 9.47 Å². The van der Waals surface area contributed by atoms with Gasteiger partial charge in [0, 0.05) is 19.0 Å². The molecule has 0 saturated carbocycles. The van der Waals surface area contributed by atoms with E-state index in [-0.39, 0.29) is 18.1 Å². The number of rotatable bonds is 2. The van der Waals surface area contributed by atoms with Gasteiger partial charge in [-0.1, -0.05) is 12.1 Å². The predicted octanol–water partition coefficient (Wildman–Crippen LogP) is 1.25. The van der Waals surface area contributed by atoms with E-state index in [0.29, 0.717) is 18.0 Å². The van der Waals surface area contributed by atoms with Crippen molar-refractivity contribution in [2.75, 3.05) is 0 Å². The van der Waals surface area contributed by atoms with Crippen molar-refractivity contribution < 1.29 is 14.3 Å². The van der Waals surface area contributed by atoms with Gasteiger partial charge in [0.1, 0.15) is 17.8 Å². The lowest BCUT2D eigenvalue weighted by molar-refractivity contribution is -0.134. The molecule has 0 radical (unpaired) electrons. The molecule has 1 amide bonds. The minimum atomic E-state index is -0.650. The van der Waals surface area contributed by atoms with Gasteiger partial charge in [0.15, 0.2) is 11.5 Å². The van der Waals surface area contributed by atoms with Crippen LogP contribution in [0.3, 0.4) is 0 Å². The third-order valence-electron chi connectivity index (χ3n) is 4.58. The minimum absolute atomic E-state index is 0.0488. The zero-order chi connectivity index (χ0) is 16.7. The quantitative estimate of drug-likeness (QED) is 0.897. The Morgan fingerprint density at radius 1 is 1.25 bits per heavy atom. The summed E-state index contributed by atoms with van der Waals surface area (Å²) in [7, 11) is 0. The summed E-state index contributed by atoms with van der Waals surface area (Å²) in [6.07, 6.45) is 0.674. The first kappa shape index (κ1) is 15.0. The summed E-state index contributed by atoms with van der Waals surface area (Å²) in [5.41, 5.74) is 0. The number of hydrogen-bond donors (Lipinski definition) is 1. The lowest BCUT2D eigenvalue weighted by Crippen LogP contribution is -2.53. The van der Waals surface area contributed by atoms with Crippen LogP contribution in [0.4, 0.5) is 0 Å². The number of aryl methyl sites for hydroxylation is 2. The topological polar surface area (TPSA) is 78.3 Å². The largest absolute Gasteiger partial charge is 0.482 e. The molecule has 2 aromatic rings. The van der Waals surface area contributed by atoms with Crippen molar-refractivity contribution in [2.45, 2.75) is 51.5 Å². The molecule has 2 aliphatic heterocycles. The molecule has 7 heteroatoms. The average molecular weight is 328 g/mol. The molecule has 7 nitrogen and oxygen atoms in total. The molecule has 3 atom stereocenters. The number of para-hydroxylation sites is 2. The SMILES string of the molecule is Cc1nnc2n1C[C@H](NC(=O)[C@H]1Oc3ccccc3O[C@H]1C)CC2. The highest BCUT2D eigenvalue weighted by atomic mass is 16.6. The Hall–Kier alpha value is -2.57. The van der Waals surface area contributed by atoms with Crippen molar-refractivity contribution in [3.8, 4) is 11.5 Å². The number of carbonyl (C=O) groups excluding carboxylic acids is 1. The van der Waals surface area contributed by atoms with Crippen molar-refractivity contribution in [1.29, 1.82) is 0 Å². The van der Waals surface area contributed by atoms with Crippen molar-refractivity contribution >= 4 is 5.91 Å². The summed E-state index contributed by atoms with van der Waals surface area (Å²) >= 11 is 0. The third kappa shape index (κ3) is 2.60. The summed E-state index contributed by atoms with van der Waals surface area (Å²) < 4.78 is 13.7. The number of nitrogens with zero attached hydrogens (tertiary/aromatic N) is 3. The van der Waals surface area contributed by atoms with Crippen LogP contribution >= 0.6 is 0 Å². The molecule has 0 bridgehead atoms. The second-order valence-corrected chi connectivity index (χ2v) is 6.33. The number of fused-ring (bicyclic) bond motifs is 2. The van der Waals surface area contributed by atoms with Gasteiger partial charge < -0.3 is 19.4 Å². The molecule has 24 heavy (non-hydrogen) atoms. The van der Waals surface area contributed by atoms with Crippen LogP contribution in [-0.4, -0.2) is 38.9 Å². The lowest BCUT2D eigenvalue weighted by Gasteiger charge is -2.33. The Bertz CT molecular complexity index is 773. The minimum Gasteiger partial charge on any atom is -0.482 e. The van der Waals surface area contributed by atoms with Gasteiger partial charge in [0.05, 0.1) is 0 Å². The fraction of sp³-hybridized carbons (Fsp3) is 0.471. The summed E-state index contributed by atoms with van der Waals surface area (Å²) in [6, 6.07) is 7.46. The van der Waals surface area contributed by atoms with E-state index in [1.807, 2.05) is 38.1 Å². The van der Waals surface area contributed by atoms with Gasteiger partial charge in [-0.05, 0) is 32.4 Å². The molecule has 1 N–H and O–H groups in total. The van der Waals surface area contributed by atoms with Crippen molar-refractivity contribution in [3.05, 3.63) is 35.9 Å². The van der Waals surface area contributed by atoms with Gasteiger partial charge in [0.2, 0.25) is 6.10 Å². The Morgan fingerprint density at radius 2 is 2.00 bits per heavy atom. The van der Waals surface area contributed by atoms with Crippen LogP contribution in [0.1, 0.15) is 25.0 Å². The average Bonchev–Trinajstić information content (AvgIpc) is 2.95. The lowest BCUT2D eigenvalue weighted by atomic mass is 10.1. The zero-order valence-electron chi connectivity index (χ0n) is 13.7. The monoisotopic (exact) mass is 328 g/mol. The highest BCUT2D eigenvalue weighted by molar-refractivity contribution is 5.82. The van der Waals surface area contributed by atoms with Crippen LogP contribution in [0.2, 0.25) is 0 Å². The van der Waals surface area contributed by atoms with E-state index in [1.165, 1.54) is 0 Å². The molecular formula is C17H20N4O3.